The van der Waals surface area contributed by atoms with Gasteiger partial charge in [0.2, 0.25) is 0 Å². The summed E-state index contributed by atoms with van der Waals surface area (Å²) in [5, 5.41) is 9.73. The summed E-state index contributed by atoms with van der Waals surface area (Å²) in [4.78, 5) is 0. The van der Waals surface area contributed by atoms with Gasteiger partial charge in [0.1, 0.15) is 0 Å². The van der Waals surface area contributed by atoms with Crippen molar-refractivity contribution in [1.82, 2.24) is 0 Å². The lowest BCUT2D eigenvalue weighted by Gasteiger charge is -2.39. The summed E-state index contributed by atoms with van der Waals surface area (Å²) in [6, 6.07) is 0. The average molecular weight is 246 g/mol. The first-order valence-corrected chi connectivity index (χ1v) is 7.72. The fourth-order valence-corrected chi connectivity index (χ4v) is 2.29. The molecule has 17 heavy (non-hydrogen) atoms. The molecule has 1 heteroatoms. The molecule has 1 aliphatic rings. The van der Waals surface area contributed by atoms with Crippen LogP contribution in [0, 0.1) is 23.7 Å². The lowest BCUT2D eigenvalue weighted by molar-refractivity contribution is -0.0183. The molecule has 0 saturated heterocycles. The SMILES string of the molecule is CC.CC.CC.CC1CC(C)C(O)C(C)C1C. The lowest BCUT2D eigenvalue weighted by Crippen LogP contribution is -2.39. The van der Waals surface area contributed by atoms with Gasteiger partial charge in [0.25, 0.3) is 0 Å². The van der Waals surface area contributed by atoms with Gasteiger partial charge in [0.15, 0.2) is 0 Å². The largest absolute Gasteiger partial charge is 0.393 e. The van der Waals surface area contributed by atoms with Crippen LogP contribution in [0.3, 0.4) is 0 Å². The molecule has 0 radical (unpaired) electrons. The predicted octanol–water partition coefficient (Wildman–Crippen LogP) is 5.37. The van der Waals surface area contributed by atoms with Crippen molar-refractivity contribution in [3.8, 4) is 0 Å². The van der Waals surface area contributed by atoms with Gasteiger partial charge in [-0.25, -0.2) is 0 Å². The summed E-state index contributed by atoms with van der Waals surface area (Å²) in [6.07, 6.45) is 1.12. The zero-order valence-corrected chi connectivity index (χ0v) is 14.0. The van der Waals surface area contributed by atoms with Crippen LogP contribution in [-0.4, -0.2) is 11.2 Å². The van der Waals surface area contributed by atoms with Crippen LogP contribution in [0.4, 0.5) is 0 Å². The van der Waals surface area contributed by atoms with Gasteiger partial charge in [-0.1, -0.05) is 69.2 Å². The van der Waals surface area contributed by atoms with Crippen molar-refractivity contribution in [1.29, 1.82) is 0 Å². The summed E-state index contributed by atoms with van der Waals surface area (Å²) < 4.78 is 0. The Balaban J connectivity index is -0.000000285. The van der Waals surface area contributed by atoms with Crippen molar-refractivity contribution in [2.24, 2.45) is 23.7 Å². The molecule has 0 aromatic rings. The predicted molar refractivity (Wildman–Crippen MR) is 81.3 cm³/mol. The second-order valence-electron chi connectivity index (χ2n) is 4.40. The van der Waals surface area contributed by atoms with E-state index in [2.05, 4.69) is 27.7 Å². The highest BCUT2D eigenvalue weighted by atomic mass is 16.3. The Morgan fingerprint density at radius 2 is 1.00 bits per heavy atom. The zero-order valence-electron chi connectivity index (χ0n) is 14.0. The molecule has 1 aliphatic carbocycles. The number of aliphatic hydroxyl groups excluding tert-OH is 1. The van der Waals surface area contributed by atoms with Crippen molar-refractivity contribution in [2.45, 2.75) is 81.8 Å². The third-order valence-corrected chi connectivity index (χ3v) is 3.59. The highest BCUT2D eigenvalue weighted by molar-refractivity contribution is 4.84. The van der Waals surface area contributed by atoms with E-state index < -0.39 is 0 Å². The molecule has 0 heterocycles. The van der Waals surface area contributed by atoms with Gasteiger partial charge in [-0.15, -0.1) is 0 Å². The van der Waals surface area contributed by atoms with Crippen LogP contribution >= 0.6 is 0 Å². The molecule has 0 aliphatic heterocycles. The van der Waals surface area contributed by atoms with Crippen LogP contribution in [0.25, 0.3) is 0 Å². The van der Waals surface area contributed by atoms with E-state index in [1.807, 2.05) is 41.5 Å². The molecular weight excluding hydrogens is 208 g/mol. The molecule has 0 spiro atoms. The topological polar surface area (TPSA) is 20.2 Å². The Kier molecular flexibility index (Phi) is 18.3. The number of hydrogen-bond donors (Lipinski definition) is 1. The molecule has 1 fully saturated rings. The molecule has 5 atom stereocenters. The molecular formula is C16H38O. The van der Waals surface area contributed by atoms with Gasteiger partial charge >= 0.3 is 0 Å². The van der Waals surface area contributed by atoms with E-state index in [4.69, 9.17) is 0 Å². The minimum atomic E-state index is -0.0683. The van der Waals surface area contributed by atoms with E-state index in [1.165, 1.54) is 6.42 Å². The molecule has 0 aromatic heterocycles. The Labute approximate surface area is 111 Å². The maximum absolute atomic E-state index is 9.73. The van der Waals surface area contributed by atoms with E-state index in [0.717, 1.165) is 5.92 Å². The molecule has 108 valence electrons. The summed E-state index contributed by atoms with van der Waals surface area (Å²) in [7, 11) is 0. The van der Waals surface area contributed by atoms with Gasteiger partial charge in [-0.2, -0.15) is 0 Å². The molecule has 1 rings (SSSR count). The third-order valence-electron chi connectivity index (χ3n) is 3.59. The molecule has 1 N–H and O–H groups in total. The standard InChI is InChI=1S/C10H20O.3C2H6/c1-6-5-7(2)10(11)9(4)8(6)3;3*1-2/h6-11H,5H2,1-4H3;3*1-2H3. The van der Waals surface area contributed by atoms with Crippen molar-refractivity contribution >= 4 is 0 Å². The van der Waals surface area contributed by atoms with Crippen LogP contribution in [0.1, 0.15) is 75.7 Å². The molecule has 1 nitrogen and oxygen atoms in total. The second kappa shape index (κ2) is 14.0. The third kappa shape index (κ3) is 7.81. The smallest absolute Gasteiger partial charge is 0.0594 e. The summed E-state index contributed by atoms with van der Waals surface area (Å²) in [5.74, 6) is 2.44. The highest BCUT2D eigenvalue weighted by Crippen LogP contribution is 2.37. The molecule has 0 amide bonds. The van der Waals surface area contributed by atoms with E-state index in [0.29, 0.717) is 17.8 Å². The van der Waals surface area contributed by atoms with Gasteiger partial charge < -0.3 is 5.11 Å². The first kappa shape index (κ1) is 22.2. The first-order chi connectivity index (χ1) is 8.04. The fraction of sp³-hybridized carbons (Fsp3) is 1.00. The van der Waals surface area contributed by atoms with E-state index in [9.17, 15) is 5.11 Å². The minimum Gasteiger partial charge on any atom is -0.393 e. The van der Waals surface area contributed by atoms with Crippen LogP contribution in [0.5, 0.6) is 0 Å². The maximum atomic E-state index is 9.73. The van der Waals surface area contributed by atoms with Gasteiger partial charge in [0, 0.05) is 0 Å². The molecule has 0 aromatic carbocycles. The molecule has 0 bridgehead atoms. The van der Waals surface area contributed by atoms with E-state index >= 15 is 0 Å². The molecule has 5 unspecified atom stereocenters. The normalized spacial score (nSPS) is 35.1. The van der Waals surface area contributed by atoms with Gasteiger partial charge in [-0.3, -0.25) is 0 Å². The quantitative estimate of drug-likeness (QED) is 0.609. The van der Waals surface area contributed by atoms with Crippen LogP contribution in [-0.2, 0) is 0 Å². The summed E-state index contributed by atoms with van der Waals surface area (Å²) in [6.45, 7) is 20.9. The van der Waals surface area contributed by atoms with Crippen molar-refractivity contribution < 1.29 is 5.11 Å². The monoisotopic (exact) mass is 246 g/mol. The van der Waals surface area contributed by atoms with Crippen molar-refractivity contribution in [3.05, 3.63) is 0 Å². The van der Waals surface area contributed by atoms with E-state index in [1.54, 1.807) is 0 Å². The highest BCUT2D eigenvalue weighted by Gasteiger charge is 2.34. The minimum absolute atomic E-state index is 0.0683. The Hall–Kier alpha value is -0.0400. The Morgan fingerprint density at radius 1 is 0.647 bits per heavy atom. The fourth-order valence-electron chi connectivity index (χ4n) is 2.29. The van der Waals surface area contributed by atoms with Crippen molar-refractivity contribution in [2.75, 3.05) is 0 Å². The Morgan fingerprint density at radius 3 is 1.35 bits per heavy atom. The van der Waals surface area contributed by atoms with Gasteiger partial charge in [0.05, 0.1) is 6.10 Å². The number of rotatable bonds is 0. The van der Waals surface area contributed by atoms with Gasteiger partial charge in [-0.05, 0) is 30.1 Å². The second-order valence-corrected chi connectivity index (χ2v) is 4.40. The number of hydrogen-bond acceptors (Lipinski definition) is 1. The van der Waals surface area contributed by atoms with Crippen LogP contribution < -0.4 is 0 Å². The lowest BCUT2D eigenvalue weighted by atomic mass is 9.69. The Bertz CT molecular complexity index is 119. The van der Waals surface area contributed by atoms with Crippen LogP contribution in [0.15, 0.2) is 0 Å². The van der Waals surface area contributed by atoms with E-state index in [-0.39, 0.29) is 6.10 Å². The molecule has 1 saturated carbocycles. The number of aliphatic hydroxyl groups is 1. The average Bonchev–Trinajstić information content (AvgIpc) is 2.41. The first-order valence-electron chi connectivity index (χ1n) is 7.72. The maximum Gasteiger partial charge on any atom is 0.0594 e. The summed E-state index contributed by atoms with van der Waals surface area (Å²) >= 11 is 0. The summed E-state index contributed by atoms with van der Waals surface area (Å²) in [5.41, 5.74) is 0. The van der Waals surface area contributed by atoms with Crippen molar-refractivity contribution in [3.63, 3.8) is 0 Å². The zero-order chi connectivity index (χ0) is 14.6. The van der Waals surface area contributed by atoms with Crippen LogP contribution in [0.2, 0.25) is 0 Å².